The van der Waals surface area contributed by atoms with Crippen LogP contribution >= 0.6 is 0 Å². The molecule has 0 aliphatic carbocycles. The van der Waals surface area contributed by atoms with E-state index in [1.165, 1.54) is 31.2 Å². The SMILES string of the molecule is CO[C@H]1COCC[C@@H]1NC(=O)c1cccc(CN2CCCCCC2)c1. The van der Waals surface area contributed by atoms with Crippen LogP contribution in [0.15, 0.2) is 24.3 Å². The van der Waals surface area contributed by atoms with Gasteiger partial charge in [-0.15, -0.1) is 0 Å². The highest BCUT2D eigenvalue weighted by Crippen LogP contribution is 2.15. The van der Waals surface area contributed by atoms with Crippen LogP contribution in [-0.2, 0) is 16.0 Å². The Balaban J connectivity index is 1.60. The molecule has 138 valence electrons. The second kappa shape index (κ2) is 9.32. The van der Waals surface area contributed by atoms with Crippen LogP contribution in [-0.4, -0.2) is 56.4 Å². The molecule has 2 fully saturated rings. The third-order valence-corrected chi connectivity index (χ3v) is 5.22. The Kier molecular flexibility index (Phi) is 6.84. The van der Waals surface area contributed by atoms with Gasteiger partial charge in [0, 0.05) is 25.8 Å². The van der Waals surface area contributed by atoms with Gasteiger partial charge in [0.25, 0.3) is 5.91 Å². The average molecular weight is 346 g/mol. The summed E-state index contributed by atoms with van der Waals surface area (Å²) in [6.07, 6.45) is 5.95. The zero-order valence-corrected chi connectivity index (χ0v) is 15.2. The number of carbonyl (C=O) groups excluding carboxylic acids is 1. The van der Waals surface area contributed by atoms with Crippen molar-refractivity contribution in [3.8, 4) is 0 Å². The summed E-state index contributed by atoms with van der Waals surface area (Å²) in [7, 11) is 1.67. The molecule has 0 aromatic heterocycles. The van der Waals surface area contributed by atoms with Crippen LogP contribution in [0.3, 0.4) is 0 Å². The molecule has 1 aromatic carbocycles. The van der Waals surface area contributed by atoms with Gasteiger partial charge in [-0.2, -0.15) is 0 Å². The minimum Gasteiger partial charge on any atom is -0.379 e. The van der Waals surface area contributed by atoms with E-state index < -0.39 is 0 Å². The molecule has 0 saturated carbocycles. The fourth-order valence-corrected chi connectivity index (χ4v) is 3.72. The van der Waals surface area contributed by atoms with Gasteiger partial charge in [0.2, 0.25) is 0 Å². The lowest BCUT2D eigenvalue weighted by molar-refractivity contribution is -0.0479. The first-order chi connectivity index (χ1) is 12.3. The van der Waals surface area contributed by atoms with Crippen molar-refractivity contribution in [1.82, 2.24) is 10.2 Å². The molecule has 3 rings (SSSR count). The molecule has 1 amide bonds. The number of likely N-dealkylation sites (tertiary alicyclic amines) is 1. The zero-order valence-electron chi connectivity index (χ0n) is 15.2. The highest BCUT2D eigenvalue weighted by atomic mass is 16.5. The van der Waals surface area contributed by atoms with Crippen LogP contribution < -0.4 is 5.32 Å². The van der Waals surface area contributed by atoms with Gasteiger partial charge in [0.15, 0.2) is 0 Å². The van der Waals surface area contributed by atoms with Crippen LogP contribution in [0, 0.1) is 0 Å². The maximum absolute atomic E-state index is 12.7. The molecular weight excluding hydrogens is 316 g/mol. The predicted octanol–water partition coefficient (Wildman–Crippen LogP) is 2.60. The summed E-state index contributed by atoms with van der Waals surface area (Å²) >= 11 is 0. The van der Waals surface area contributed by atoms with E-state index in [4.69, 9.17) is 9.47 Å². The summed E-state index contributed by atoms with van der Waals surface area (Å²) in [5.74, 6) is -0.0216. The summed E-state index contributed by atoms with van der Waals surface area (Å²) in [4.78, 5) is 15.2. The number of hydrogen-bond donors (Lipinski definition) is 1. The molecule has 0 radical (unpaired) electrons. The highest BCUT2D eigenvalue weighted by Gasteiger charge is 2.27. The van der Waals surface area contributed by atoms with Crippen molar-refractivity contribution >= 4 is 5.91 Å². The normalized spacial score (nSPS) is 25.3. The van der Waals surface area contributed by atoms with Crippen molar-refractivity contribution in [2.45, 2.75) is 50.8 Å². The molecule has 0 bridgehead atoms. The second-order valence-electron chi connectivity index (χ2n) is 7.11. The Morgan fingerprint density at radius 2 is 2.08 bits per heavy atom. The van der Waals surface area contributed by atoms with Crippen molar-refractivity contribution in [2.24, 2.45) is 0 Å². The maximum atomic E-state index is 12.7. The number of rotatable bonds is 5. The molecule has 1 aromatic rings. The van der Waals surface area contributed by atoms with E-state index in [9.17, 15) is 4.79 Å². The molecule has 25 heavy (non-hydrogen) atoms. The van der Waals surface area contributed by atoms with Crippen molar-refractivity contribution in [1.29, 1.82) is 0 Å². The van der Waals surface area contributed by atoms with E-state index in [0.29, 0.717) is 13.2 Å². The van der Waals surface area contributed by atoms with Gasteiger partial charge in [-0.3, -0.25) is 9.69 Å². The maximum Gasteiger partial charge on any atom is 0.251 e. The minimum absolute atomic E-state index is 0.0144. The molecular formula is C20H30N2O3. The van der Waals surface area contributed by atoms with Crippen molar-refractivity contribution in [3.05, 3.63) is 35.4 Å². The Morgan fingerprint density at radius 3 is 2.84 bits per heavy atom. The standard InChI is InChI=1S/C20H30N2O3/c1-24-19-15-25-12-9-18(19)21-20(23)17-8-6-7-16(13-17)14-22-10-4-2-3-5-11-22/h6-8,13,18-19H,2-5,9-12,14-15H2,1H3,(H,21,23)/t18-,19-/m0/s1. The second-order valence-corrected chi connectivity index (χ2v) is 7.11. The fraction of sp³-hybridized carbons (Fsp3) is 0.650. The molecule has 5 nitrogen and oxygen atoms in total. The van der Waals surface area contributed by atoms with Gasteiger partial charge in [0.05, 0.1) is 12.6 Å². The van der Waals surface area contributed by atoms with Gasteiger partial charge >= 0.3 is 0 Å². The fourth-order valence-electron chi connectivity index (χ4n) is 3.72. The Bertz CT molecular complexity index is 556. The van der Waals surface area contributed by atoms with E-state index in [1.54, 1.807) is 7.11 Å². The molecule has 2 atom stereocenters. The Labute approximate surface area is 150 Å². The zero-order chi connectivity index (χ0) is 17.5. The van der Waals surface area contributed by atoms with Crippen LogP contribution in [0.1, 0.15) is 48.0 Å². The van der Waals surface area contributed by atoms with Gasteiger partial charge in [0.1, 0.15) is 6.10 Å². The molecule has 2 saturated heterocycles. The summed E-state index contributed by atoms with van der Waals surface area (Å²) < 4.78 is 10.9. The quantitative estimate of drug-likeness (QED) is 0.890. The lowest BCUT2D eigenvalue weighted by atomic mass is 10.0. The number of ether oxygens (including phenoxy) is 2. The molecule has 2 aliphatic heterocycles. The monoisotopic (exact) mass is 346 g/mol. The van der Waals surface area contributed by atoms with Crippen molar-refractivity contribution < 1.29 is 14.3 Å². The van der Waals surface area contributed by atoms with Gasteiger partial charge in [-0.25, -0.2) is 0 Å². The highest BCUT2D eigenvalue weighted by molar-refractivity contribution is 5.94. The number of methoxy groups -OCH3 is 1. The molecule has 1 N–H and O–H groups in total. The summed E-state index contributed by atoms with van der Waals surface area (Å²) in [5, 5.41) is 3.12. The number of nitrogens with one attached hydrogen (secondary N) is 1. The summed E-state index contributed by atoms with van der Waals surface area (Å²) in [5.41, 5.74) is 1.94. The van der Waals surface area contributed by atoms with Crippen LogP contribution in [0.4, 0.5) is 0 Å². The number of carbonyl (C=O) groups is 1. The largest absolute Gasteiger partial charge is 0.379 e. The molecule has 0 unspecified atom stereocenters. The van der Waals surface area contributed by atoms with Crippen LogP contribution in [0.2, 0.25) is 0 Å². The van der Waals surface area contributed by atoms with Crippen molar-refractivity contribution in [3.63, 3.8) is 0 Å². The minimum atomic E-state index is -0.0713. The first-order valence-corrected chi connectivity index (χ1v) is 9.49. The Hall–Kier alpha value is -1.43. The smallest absolute Gasteiger partial charge is 0.251 e. The first kappa shape index (κ1) is 18.4. The van der Waals surface area contributed by atoms with Crippen molar-refractivity contribution in [2.75, 3.05) is 33.4 Å². The first-order valence-electron chi connectivity index (χ1n) is 9.49. The molecule has 2 aliphatic rings. The predicted molar refractivity (Wildman–Crippen MR) is 97.7 cm³/mol. The number of hydrogen-bond acceptors (Lipinski definition) is 4. The average Bonchev–Trinajstić information content (AvgIpc) is 2.91. The lowest BCUT2D eigenvalue weighted by Crippen LogP contribution is -2.49. The number of amides is 1. The van der Waals surface area contributed by atoms with Crippen LogP contribution in [0.25, 0.3) is 0 Å². The van der Waals surface area contributed by atoms with E-state index in [0.717, 1.165) is 31.6 Å². The van der Waals surface area contributed by atoms with Gasteiger partial charge in [-0.05, 0) is 50.0 Å². The number of benzene rings is 1. The Morgan fingerprint density at radius 1 is 1.28 bits per heavy atom. The van der Waals surface area contributed by atoms with E-state index >= 15 is 0 Å². The number of nitrogens with zero attached hydrogens (tertiary/aromatic N) is 1. The third-order valence-electron chi connectivity index (χ3n) is 5.22. The van der Waals surface area contributed by atoms with Crippen LogP contribution in [0.5, 0.6) is 0 Å². The third kappa shape index (κ3) is 5.27. The van der Waals surface area contributed by atoms with E-state index in [2.05, 4.69) is 16.3 Å². The van der Waals surface area contributed by atoms with E-state index in [-0.39, 0.29) is 18.1 Å². The topological polar surface area (TPSA) is 50.8 Å². The molecule has 0 spiro atoms. The molecule has 5 heteroatoms. The molecule has 2 heterocycles. The van der Waals surface area contributed by atoms with E-state index in [1.807, 2.05) is 18.2 Å². The lowest BCUT2D eigenvalue weighted by Gasteiger charge is -2.31. The van der Waals surface area contributed by atoms with Gasteiger partial charge < -0.3 is 14.8 Å². The van der Waals surface area contributed by atoms with Gasteiger partial charge in [-0.1, -0.05) is 25.0 Å². The summed E-state index contributed by atoms with van der Waals surface area (Å²) in [6, 6.07) is 8.04. The summed E-state index contributed by atoms with van der Waals surface area (Å²) in [6.45, 7) is 4.46.